The van der Waals surface area contributed by atoms with Gasteiger partial charge in [-0.25, -0.2) is 23.8 Å². The summed E-state index contributed by atoms with van der Waals surface area (Å²) in [4.78, 5) is 2.25. The van der Waals surface area contributed by atoms with Crippen LogP contribution in [-0.4, -0.2) is 25.0 Å². The van der Waals surface area contributed by atoms with Crippen LogP contribution in [0.1, 0.15) is 26.2 Å². The summed E-state index contributed by atoms with van der Waals surface area (Å²) in [5.41, 5.74) is 1.36. The SMILES string of the molecule is CCC(C1=[C-]CC=C1)N(C)C.[C-]1=CC=CC1.[Cl-].[Cl-].[Zr+4]. The zero-order valence-corrected chi connectivity index (χ0v) is 15.8. The third kappa shape index (κ3) is 9.85. The third-order valence-corrected chi connectivity index (χ3v) is 2.68. The van der Waals surface area contributed by atoms with E-state index in [9.17, 15) is 0 Å². The second kappa shape index (κ2) is 14.8. The summed E-state index contributed by atoms with van der Waals surface area (Å²) in [6.07, 6.45) is 19.9. The second-order valence-corrected chi connectivity index (χ2v) is 4.13. The van der Waals surface area contributed by atoms with Crippen molar-refractivity contribution < 1.29 is 51.0 Å². The molecule has 0 bridgehead atoms. The minimum Gasteiger partial charge on any atom is -1.00 e. The van der Waals surface area contributed by atoms with Gasteiger partial charge in [0.15, 0.2) is 0 Å². The van der Waals surface area contributed by atoms with Crippen LogP contribution in [0.15, 0.2) is 36.0 Å². The fourth-order valence-corrected chi connectivity index (χ4v) is 1.85. The summed E-state index contributed by atoms with van der Waals surface area (Å²) in [5.74, 6) is 0. The van der Waals surface area contributed by atoms with Crippen LogP contribution in [0.25, 0.3) is 0 Å². The van der Waals surface area contributed by atoms with Crippen LogP contribution >= 0.6 is 0 Å². The van der Waals surface area contributed by atoms with Crippen LogP contribution < -0.4 is 24.8 Å². The summed E-state index contributed by atoms with van der Waals surface area (Å²) in [6, 6.07) is 0.564. The fraction of sp³-hybridized carbons (Fsp3) is 0.467. The van der Waals surface area contributed by atoms with E-state index in [1.54, 1.807) is 0 Å². The Kier molecular flexibility index (Phi) is 19.0. The zero-order chi connectivity index (χ0) is 11.8. The van der Waals surface area contributed by atoms with Crippen LogP contribution in [0.2, 0.25) is 0 Å². The largest absolute Gasteiger partial charge is 4.00 e. The Morgan fingerprint density at radius 1 is 1.21 bits per heavy atom. The average Bonchev–Trinajstić information content (AvgIpc) is 2.94. The molecule has 0 amide bonds. The van der Waals surface area contributed by atoms with Crippen molar-refractivity contribution in [3.05, 3.63) is 48.1 Å². The van der Waals surface area contributed by atoms with Gasteiger partial charge in [-0.15, -0.1) is 12.8 Å². The molecule has 0 radical (unpaired) electrons. The molecule has 0 fully saturated rings. The maximum atomic E-state index is 3.35. The molecule has 2 aliphatic carbocycles. The molecule has 0 saturated carbocycles. The van der Waals surface area contributed by atoms with Crippen molar-refractivity contribution in [3.63, 3.8) is 0 Å². The number of halogens is 2. The maximum absolute atomic E-state index is 3.35. The van der Waals surface area contributed by atoms with Gasteiger partial charge in [0.2, 0.25) is 0 Å². The molecular weight excluding hydrogens is 356 g/mol. The van der Waals surface area contributed by atoms with Crippen LogP contribution in [-0.2, 0) is 26.2 Å². The van der Waals surface area contributed by atoms with Crippen molar-refractivity contribution in [2.24, 2.45) is 0 Å². The van der Waals surface area contributed by atoms with Crippen molar-refractivity contribution in [1.82, 2.24) is 4.90 Å². The molecule has 4 heteroatoms. The van der Waals surface area contributed by atoms with Gasteiger partial charge in [0.05, 0.1) is 0 Å². The number of allylic oxidation sites excluding steroid dienone is 6. The maximum Gasteiger partial charge on any atom is 4.00 e. The molecule has 0 N–H and O–H groups in total. The Morgan fingerprint density at radius 2 is 1.89 bits per heavy atom. The van der Waals surface area contributed by atoms with Gasteiger partial charge in [-0.1, -0.05) is 6.92 Å². The molecule has 0 aromatic carbocycles. The van der Waals surface area contributed by atoms with Gasteiger partial charge >= 0.3 is 26.2 Å². The number of nitrogens with zero attached hydrogens (tertiary/aromatic N) is 1. The molecule has 104 valence electrons. The van der Waals surface area contributed by atoms with E-state index in [-0.39, 0.29) is 51.0 Å². The standard InChI is InChI=1S/C10H16N.C5H5.2ClH.Zr/c1-4-10(11(2)3)9-7-5-6-8-9;1-2-4-5-3-1;;;/h5,7,10H,4,6H2,1-3H3;1-3H,4H2;2*1H;/q2*-1;;;+4/p-2. The molecule has 0 spiro atoms. The first kappa shape index (κ1) is 24.4. The monoisotopic (exact) mass is 375 g/mol. The van der Waals surface area contributed by atoms with E-state index < -0.39 is 0 Å². The van der Waals surface area contributed by atoms with Gasteiger partial charge in [0, 0.05) is 6.04 Å². The van der Waals surface area contributed by atoms with Gasteiger partial charge in [-0.05, 0) is 20.5 Å². The van der Waals surface area contributed by atoms with Crippen molar-refractivity contribution in [2.45, 2.75) is 32.2 Å². The summed E-state index contributed by atoms with van der Waals surface area (Å²) < 4.78 is 0. The Bertz CT molecular complexity index is 310. The number of rotatable bonds is 3. The summed E-state index contributed by atoms with van der Waals surface area (Å²) in [6.45, 7) is 2.21. The van der Waals surface area contributed by atoms with Gasteiger partial charge < -0.3 is 29.7 Å². The molecule has 19 heavy (non-hydrogen) atoms. The van der Waals surface area contributed by atoms with Crippen LogP contribution in [0.3, 0.4) is 0 Å². The fourth-order valence-electron chi connectivity index (χ4n) is 1.85. The summed E-state index contributed by atoms with van der Waals surface area (Å²) >= 11 is 0. The van der Waals surface area contributed by atoms with Crippen LogP contribution in [0, 0.1) is 12.2 Å². The van der Waals surface area contributed by atoms with Gasteiger partial charge in [-0.3, -0.25) is 12.2 Å². The Labute approximate surface area is 149 Å². The van der Waals surface area contributed by atoms with Crippen molar-refractivity contribution in [1.29, 1.82) is 0 Å². The predicted molar refractivity (Wildman–Crippen MR) is 69.8 cm³/mol. The molecule has 1 nitrogen and oxygen atoms in total. The molecule has 2 rings (SSSR count). The number of likely N-dealkylation sites (N-methyl/N-ethyl adjacent to an activating group) is 1. The van der Waals surface area contributed by atoms with Gasteiger partial charge in [-0.2, -0.15) is 12.2 Å². The zero-order valence-electron chi connectivity index (χ0n) is 11.8. The van der Waals surface area contributed by atoms with E-state index in [2.05, 4.69) is 56.3 Å². The Hall–Kier alpha value is 0.383. The molecule has 0 aromatic rings. The molecule has 0 aliphatic heterocycles. The van der Waals surface area contributed by atoms with E-state index in [0.29, 0.717) is 6.04 Å². The van der Waals surface area contributed by atoms with Gasteiger partial charge in [0.1, 0.15) is 0 Å². The van der Waals surface area contributed by atoms with Gasteiger partial charge in [0.25, 0.3) is 0 Å². The van der Waals surface area contributed by atoms with E-state index in [4.69, 9.17) is 0 Å². The second-order valence-electron chi connectivity index (χ2n) is 4.13. The predicted octanol–water partition coefficient (Wildman–Crippen LogP) is -2.67. The molecular formula is C15H21Cl2NZr. The number of hydrogen-bond acceptors (Lipinski definition) is 1. The van der Waals surface area contributed by atoms with Crippen molar-refractivity contribution >= 4 is 0 Å². The van der Waals surface area contributed by atoms with E-state index in [1.165, 1.54) is 12.0 Å². The minimum absolute atomic E-state index is 0. The molecule has 0 heterocycles. The van der Waals surface area contributed by atoms with Crippen LogP contribution in [0.4, 0.5) is 0 Å². The first-order chi connectivity index (χ1) is 7.75. The topological polar surface area (TPSA) is 3.24 Å². The van der Waals surface area contributed by atoms with E-state index in [0.717, 1.165) is 12.8 Å². The van der Waals surface area contributed by atoms with Crippen LogP contribution in [0.5, 0.6) is 0 Å². The number of hydrogen-bond donors (Lipinski definition) is 0. The van der Waals surface area contributed by atoms with E-state index >= 15 is 0 Å². The average molecular weight is 377 g/mol. The Morgan fingerprint density at radius 3 is 2.16 bits per heavy atom. The Balaban J connectivity index is -0.000000277. The first-order valence-corrected chi connectivity index (χ1v) is 5.91. The normalized spacial score (nSPS) is 15.7. The molecule has 0 saturated heterocycles. The van der Waals surface area contributed by atoms with E-state index in [1.807, 2.05) is 12.2 Å². The smallest absolute Gasteiger partial charge is 1.00 e. The molecule has 1 unspecified atom stereocenters. The quantitative estimate of drug-likeness (QED) is 0.485. The molecule has 0 aromatic heterocycles. The molecule has 1 atom stereocenters. The summed E-state index contributed by atoms with van der Waals surface area (Å²) in [5, 5.41) is 0. The van der Waals surface area contributed by atoms with Crippen molar-refractivity contribution in [2.75, 3.05) is 14.1 Å². The first-order valence-electron chi connectivity index (χ1n) is 5.91. The van der Waals surface area contributed by atoms with Crippen molar-refractivity contribution in [3.8, 4) is 0 Å². The molecule has 2 aliphatic rings. The third-order valence-electron chi connectivity index (χ3n) is 2.68. The summed E-state index contributed by atoms with van der Waals surface area (Å²) in [7, 11) is 4.24. The minimum atomic E-state index is 0.